The van der Waals surface area contributed by atoms with Gasteiger partial charge >= 0.3 is 5.97 Å². The van der Waals surface area contributed by atoms with Gasteiger partial charge in [0.1, 0.15) is 5.54 Å². The van der Waals surface area contributed by atoms with E-state index in [1.54, 1.807) is 6.08 Å². The monoisotopic (exact) mass is 332 g/mol. The molecule has 0 bridgehead atoms. The van der Waals surface area contributed by atoms with Crippen LogP contribution in [-0.2, 0) is 14.3 Å². The Kier molecular flexibility index (Phi) is 5.94. The third-order valence-electron chi connectivity index (χ3n) is 3.87. The van der Waals surface area contributed by atoms with E-state index in [0.717, 1.165) is 24.1 Å². The van der Waals surface area contributed by atoms with Crippen LogP contribution in [0.5, 0.6) is 0 Å². The minimum atomic E-state index is -0.928. The number of ether oxygens (including phenoxy) is 1. The van der Waals surface area contributed by atoms with Crippen LogP contribution < -0.4 is 5.32 Å². The Morgan fingerprint density at radius 3 is 2.78 bits per heavy atom. The lowest BCUT2D eigenvalue weighted by atomic mass is 9.83. The summed E-state index contributed by atoms with van der Waals surface area (Å²) in [4.78, 5) is 24.9. The van der Waals surface area contributed by atoms with Gasteiger partial charge in [0.2, 0.25) is 0 Å². The van der Waals surface area contributed by atoms with Crippen LogP contribution >= 0.6 is 11.3 Å². The fourth-order valence-corrected chi connectivity index (χ4v) is 3.18. The van der Waals surface area contributed by atoms with Crippen molar-refractivity contribution in [3.63, 3.8) is 0 Å². The number of esters is 1. The molecule has 0 radical (unpaired) electrons. The smallest absolute Gasteiger partial charge is 0.331 e. The van der Waals surface area contributed by atoms with Crippen LogP contribution in [0.15, 0.2) is 23.6 Å². The van der Waals surface area contributed by atoms with Gasteiger partial charge in [0, 0.05) is 11.0 Å². The zero-order valence-electron chi connectivity index (χ0n) is 13.1. The maximum Gasteiger partial charge on any atom is 0.331 e. The summed E-state index contributed by atoms with van der Waals surface area (Å²) >= 11 is 1.51. The quantitative estimate of drug-likeness (QED) is 0.664. The molecule has 1 N–H and O–H groups in total. The fraction of sp³-hybridized carbons (Fsp3) is 0.471. The largest absolute Gasteiger partial charge is 0.449 e. The Hall–Kier alpha value is -2.13. The number of nitriles is 1. The summed E-state index contributed by atoms with van der Waals surface area (Å²) in [6.07, 6.45) is 6.24. The average molecular weight is 332 g/mol. The topological polar surface area (TPSA) is 79.2 Å². The molecule has 0 spiro atoms. The number of hydrogen-bond acceptors (Lipinski definition) is 5. The standard InChI is InChI=1S/C17H20N2O3S/c1-13(22-15(20)8-7-14-6-5-11-23-14)16(21)19-17(12-18)9-3-2-4-10-17/h5-8,11,13H,2-4,9-10H2,1H3,(H,19,21)/b8-7+/t13-/m0/s1. The van der Waals surface area contributed by atoms with Gasteiger partial charge in [-0.2, -0.15) is 5.26 Å². The molecule has 1 heterocycles. The van der Waals surface area contributed by atoms with Crippen molar-refractivity contribution in [3.8, 4) is 6.07 Å². The first-order chi connectivity index (χ1) is 11.0. The van der Waals surface area contributed by atoms with Gasteiger partial charge in [-0.25, -0.2) is 4.79 Å². The van der Waals surface area contributed by atoms with E-state index in [1.165, 1.54) is 24.3 Å². The number of amides is 1. The van der Waals surface area contributed by atoms with Crippen LogP contribution in [0.3, 0.4) is 0 Å². The number of rotatable bonds is 5. The number of nitrogens with zero attached hydrogens (tertiary/aromatic N) is 1. The molecule has 1 aromatic heterocycles. The molecule has 2 rings (SSSR count). The van der Waals surface area contributed by atoms with Gasteiger partial charge in [0.05, 0.1) is 6.07 Å². The zero-order chi connectivity index (χ0) is 16.7. The molecule has 1 aromatic rings. The number of carbonyl (C=O) groups is 2. The van der Waals surface area contributed by atoms with Crippen molar-refractivity contribution in [1.82, 2.24) is 5.32 Å². The summed E-state index contributed by atoms with van der Waals surface area (Å²) in [7, 11) is 0. The summed E-state index contributed by atoms with van der Waals surface area (Å²) < 4.78 is 5.10. The van der Waals surface area contributed by atoms with Crippen LogP contribution in [0.1, 0.15) is 43.9 Å². The van der Waals surface area contributed by atoms with Gasteiger partial charge in [-0.15, -0.1) is 11.3 Å². The fourth-order valence-electron chi connectivity index (χ4n) is 2.56. The molecule has 1 fully saturated rings. The zero-order valence-corrected chi connectivity index (χ0v) is 13.9. The van der Waals surface area contributed by atoms with Crippen molar-refractivity contribution >= 4 is 29.3 Å². The lowest BCUT2D eigenvalue weighted by Gasteiger charge is -2.32. The van der Waals surface area contributed by atoms with Crippen molar-refractivity contribution in [2.75, 3.05) is 0 Å². The maximum atomic E-state index is 12.2. The van der Waals surface area contributed by atoms with Gasteiger partial charge in [-0.3, -0.25) is 4.79 Å². The predicted octanol–water partition coefficient (Wildman–Crippen LogP) is 3.04. The summed E-state index contributed by atoms with van der Waals surface area (Å²) in [5.74, 6) is -0.998. The highest BCUT2D eigenvalue weighted by atomic mass is 32.1. The second kappa shape index (κ2) is 7.93. The Labute approximate surface area is 139 Å². The van der Waals surface area contributed by atoms with Gasteiger partial charge in [0.15, 0.2) is 6.10 Å². The van der Waals surface area contributed by atoms with E-state index in [1.807, 2.05) is 17.5 Å². The third-order valence-corrected chi connectivity index (χ3v) is 4.71. The van der Waals surface area contributed by atoms with E-state index in [9.17, 15) is 14.9 Å². The number of thiophene rings is 1. The molecular weight excluding hydrogens is 312 g/mol. The lowest BCUT2D eigenvalue weighted by Crippen LogP contribution is -2.52. The summed E-state index contributed by atoms with van der Waals surface area (Å²) in [6, 6.07) is 5.98. The molecule has 122 valence electrons. The minimum absolute atomic E-state index is 0.425. The first-order valence-electron chi connectivity index (χ1n) is 7.70. The molecule has 23 heavy (non-hydrogen) atoms. The normalized spacial score (nSPS) is 18.1. The van der Waals surface area contributed by atoms with Crippen molar-refractivity contribution in [1.29, 1.82) is 5.26 Å². The Morgan fingerprint density at radius 1 is 1.43 bits per heavy atom. The number of carbonyl (C=O) groups excluding carboxylic acids is 2. The maximum absolute atomic E-state index is 12.2. The first-order valence-corrected chi connectivity index (χ1v) is 8.58. The van der Waals surface area contributed by atoms with Gasteiger partial charge in [0.25, 0.3) is 5.91 Å². The molecule has 1 atom stereocenters. The third kappa shape index (κ3) is 4.93. The Morgan fingerprint density at radius 2 is 2.17 bits per heavy atom. The molecule has 6 heteroatoms. The predicted molar refractivity (Wildman–Crippen MR) is 88.5 cm³/mol. The van der Waals surface area contributed by atoms with E-state index < -0.39 is 23.5 Å². The molecule has 0 aromatic carbocycles. The van der Waals surface area contributed by atoms with E-state index in [0.29, 0.717) is 12.8 Å². The average Bonchev–Trinajstić information content (AvgIpc) is 3.07. The SMILES string of the molecule is C[C@H](OC(=O)/C=C/c1cccs1)C(=O)NC1(C#N)CCCCC1. The van der Waals surface area contributed by atoms with E-state index >= 15 is 0 Å². The summed E-state index contributed by atoms with van der Waals surface area (Å²) in [5, 5.41) is 14.0. The van der Waals surface area contributed by atoms with Crippen LogP contribution in [0.4, 0.5) is 0 Å². The molecular formula is C17H20N2O3S. The molecule has 0 saturated heterocycles. The lowest BCUT2D eigenvalue weighted by molar-refractivity contribution is -0.150. The number of nitrogens with one attached hydrogen (secondary N) is 1. The molecule has 5 nitrogen and oxygen atoms in total. The highest BCUT2D eigenvalue weighted by molar-refractivity contribution is 7.10. The van der Waals surface area contributed by atoms with Gasteiger partial charge < -0.3 is 10.1 Å². The molecule has 1 aliphatic carbocycles. The highest BCUT2D eigenvalue weighted by Crippen LogP contribution is 2.27. The van der Waals surface area contributed by atoms with E-state index in [4.69, 9.17) is 4.74 Å². The van der Waals surface area contributed by atoms with Crippen molar-refractivity contribution in [2.45, 2.75) is 50.7 Å². The molecule has 1 aliphatic rings. The number of hydrogen-bond donors (Lipinski definition) is 1. The van der Waals surface area contributed by atoms with E-state index in [2.05, 4.69) is 11.4 Å². The van der Waals surface area contributed by atoms with Gasteiger partial charge in [-0.05, 0) is 37.3 Å². The minimum Gasteiger partial charge on any atom is -0.449 e. The van der Waals surface area contributed by atoms with Crippen LogP contribution in [0, 0.1) is 11.3 Å². The molecule has 1 amide bonds. The summed E-state index contributed by atoms with van der Waals surface area (Å²) in [6.45, 7) is 1.51. The van der Waals surface area contributed by atoms with Crippen LogP contribution in [-0.4, -0.2) is 23.5 Å². The first kappa shape index (κ1) is 17.2. The van der Waals surface area contributed by atoms with Crippen molar-refractivity contribution in [2.24, 2.45) is 0 Å². The van der Waals surface area contributed by atoms with E-state index in [-0.39, 0.29) is 0 Å². The van der Waals surface area contributed by atoms with Crippen molar-refractivity contribution < 1.29 is 14.3 Å². The summed E-state index contributed by atoms with van der Waals surface area (Å²) in [5.41, 5.74) is -0.817. The molecule has 0 aliphatic heterocycles. The second-order valence-electron chi connectivity index (χ2n) is 5.67. The molecule has 1 saturated carbocycles. The second-order valence-corrected chi connectivity index (χ2v) is 6.65. The highest BCUT2D eigenvalue weighted by Gasteiger charge is 2.35. The van der Waals surface area contributed by atoms with Crippen LogP contribution in [0.2, 0.25) is 0 Å². The Bertz CT molecular complexity index is 610. The Balaban J connectivity index is 1.87. The molecule has 0 unspecified atom stereocenters. The van der Waals surface area contributed by atoms with Gasteiger partial charge in [-0.1, -0.05) is 25.3 Å². The van der Waals surface area contributed by atoms with Crippen molar-refractivity contribution in [3.05, 3.63) is 28.5 Å². The van der Waals surface area contributed by atoms with Crippen LogP contribution in [0.25, 0.3) is 6.08 Å².